The Balaban J connectivity index is 2.08. The third-order valence-electron chi connectivity index (χ3n) is 2.96. The lowest BCUT2D eigenvalue weighted by atomic mass is 9.93. The molecule has 0 aromatic heterocycles. The maximum absolute atomic E-state index is 5.52. The average Bonchev–Trinajstić information content (AvgIpc) is 2.17. The van der Waals surface area contributed by atoms with Gasteiger partial charge in [0.25, 0.3) is 0 Å². The zero-order chi connectivity index (χ0) is 9.52. The van der Waals surface area contributed by atoms with Crippen molar-refractivity contribution >= 4 is 0 Å². The van der Waals surface area contributed by atoms with Crippen LogP contribution in [0.15, 0.2) is 0 Å². The van der Waals surface area contributed by atoms with Crippen molar-refractivity contribution in [3.8, 4) is 0 Å². The van der Waals surface area contributed by atoms with Crippen LogP contribution in [0.25, 0.3) is 0 Å². The minimum atomic E-state index is 0.807. The molecule has 0 bridgehead atoms. The van der Waals surface area contributed by atoms with Crippen molar-refractivity contribution in [2.24, 2.45) is 11.7 Å². The summed E-state index contributed by atoms with van der Waals surface area (Å²) in [7, 11) is 2.03. The van der Waals surface area contributed by atoms with Crippen LogP contribution < -0.4 is 11.1 Å². The van der Waals surface area contributed by atoms with Gasteiger partial charge < -0.3 is 16.0 Å². The monoisotopic (exact) mass is 185 g/mol. The molecule has 0 aromatic rings. The van der Waals surface area contributed by atoms with Gasteiger partial charge in [-0.2, -0.15) is 0 Å². The molecule has 0 amide bonds. The van der Waals surface area contributed by atoms with Crippen molar-refractivity contribution in [3.63, 3.8) is 0 Å². The molecule has 0 aromatic carbocycles. The second kappa shape index (κ2) is 6.35. The summed E-state index contributed by atoms with van der Waals surface area (Å²) in [5.74, 6) is 0.946. The van der Waals surface area contributed by atoms with E-state index in [9.17, 15) is 0 Å². The molecule has 1 aliphatic heterocycles. The first kappa shape index (κ1) is 11.0. The topological polar surface area (TPSA) is 41.3 Å². The first-order chi connectivity index (χ1) is 6.36. The number of nitrogens with zero attached hydrogens (tertiary/aromatic N) is 1. The Morgan fingerprint density at radius 2 is 2.08 bits per heavy atom. The van der Waals surface area contributed by atoms with Crippen molar-refractivity contribution in [2.75, 3.05) is 39.8 Å². The predicted octanol–water partition coefficient (Wildman–Crippen LogP) is 0.267. The van der Waals surface area contributed by atoms with Crippen LogP contribution >= 0.6 is 0 Å². The van der Waals surface area contributed by atoms with E-state index < -0.39 is 0 Å². The zero-order valence-corrected chi connectivity index (χ0v) is 8.76. The van der Waals surface area contributed by atoms with Crippen LogP contribution in [0.3, 0.4) is 0 Å². The minimum absolute atomic E-state index is 0.807. The molecular weight excluding hydrogens is 162 g/mol. The van der Waals surface area contributed by atoms with Gasteiger partial charge in [-0.15, -0.1) is 0 Å². The maximum atomic E-state index is 5.52. The summed E-state index contributed by atoms with van der Waals surface area (Å²) in [6, 6.07) is 0. The summed E-state index contributed by atoms with van der Waals surface area (Å²) >= 11 is 0. The maximum Gasteiger partial charge on any atom is 0.0105 e. The molecule has 1 saturated heterocycles. The van der Waals surface area contributed by atoms with Gasteiger partial charge in [-0.25, -0.2) is 0 Å². The standard InChI is InChI=1S/C10H23N3/c1-12-6-2-10-3-7-13(8-4-10)9-5-11/h10,12H,2-9,11H2,1H3. The number of rotatable bonds is 5. The van der Waals surface area contributed by atoms with E-state index >= 15 is 0 Å². The fraction of sp³-hybridized carbons (Fsp3) is 1.00. The zero-order valence-electron chi connectivity index (χ0n) is 8.76. The van der Waals surface area contributed by atoms with Gasteiger partial charge in [0.05, 0.1) is 0 Å². The summed E-state index contributed by atoms with van der Waals surface area (Å²) in [5, 5.41) is 3.22. The average molecular weight is 185 g/mol. The highest BCUT2D eigenvalue weighted by Gasteiger charge is 2.17. The summed E-state index contributed by atoms with van der Waals surface area (Å²) < 4.78 is 0. The van der Waals surface area contributed by atoms with Crippen molar-refractivity contribution in [1.82, 2.24) is 10.2 Å². The van der Waals surface area contributed by atoms with E-state index in [0.717, 1.165) is 19.0 Å². The lowest BCUT2D eigenvalue weighted by Crippen LogP contribution is -2.37. The third-order valence-corrected chi connectivity index (χ3v) is 2.96. The van der Waals surface area contributed by atoms with Crippen LogP contribution in [-0.4, -0.2) is 44.7 Å². The number of hydrogen-bond donors (Lipinski definition) is 2. The number of piperidine rings is 1. The third kappa shape index (κ3) is 4.07. The number of hydrogen-bond acceptors (Lipinski definition) is 3. The Hall–Kier alpha value is -0.120. The number of nitrogens with one attached hydrogen (secondary N) is 1. The Bertz CT molecular complexity index is 119. The Morgan fingerprint density at radius 1 is 1.38 bits per heavy atom. The Labute approximate surface area is 81.7 Å². The number of likely N-dealkylation sites (tertiary alicyclic amines) is 1. The molecule has 3 heteroatoms. The van der Waals surface area contributed by atoms with Crippen molar-refractivity contribution in [2.45, 2.75) is 19.3 Å². The fourth-order valence-electron chi connectivity index (χ4n) is 2.03. The normalized spacial score (nSPS) is 20.8. The molecule has 0 spiro atoms. The SMILES string of the molecule is CNCCC1CCN(CCN)CC1. The van der Waals surface area contributed by atoms with Gasteiger partial charge in [0, 0.05) is 13.1 Å². The molecule has 3 N–H and O–H groups in total. The van der Waals surface area contributed by atoms with E-state index in [1.54, 1.807) is 0 Å². The molecule has 3 nitrogen and oxygen atoms in total. The second-order valence-electron chi connectivity index (χ2n) is 3.97. The molecule has 0 saturated carbocycles. The lowest BCUT2D eigenvalue weighted by molar-refractivity contribution is 0.183. The summed E-state index contributed by atoms with van der Waals surface area (Å²) in [6.07, 6.45) is 4.07. The summed E-state index contributed by atoms with van der Waals surface area (Å²) in [4.78, 5) is 2.48. The minimum Gasteiger partial charge on any atom is -0.329 e. The summed E-state index contributed by atoms with van der Waals surface area (Å²) in [6.45, 7) is 5.57. The molecule has 1 aliphatic rings. The van der Waals surface area contributed by atoms with Crippen LogP contribution in [0.1, 0.15) is 19.3 Å². The van der Waals surface area contributed by atoms with E-state index in [-0.39, 0.29) is 0 Å². The molecule has 0 unspecified atom stereocenters. The molecule has 1 rings (SSSR count). The predicted molar refractivity (Wildman–Crippen MR) is 56.8 cm³/mol. The van der Waals surface area contributed by atoms with Gasteiger partial charge in [0.15, 0.2) is 0 Å². The van der Waals surface area contributed by atoms with Crippen molar-refractivity contribution in [1.29, 1.82) is 0 Å². The molecule has 0 radical (unpaired) electrons. The van der Waals surface area contributed by atoms with Gasteiger partial charge in [-0.3, -0.25) is 0 Å². The first-order valence-corrected chi connectivity index (χ1v) is 5.44. The second-order valence-corrected chi connectivity index (χ2v) is 3.97. The van der Waals surface area contributed by atoms with E-state index in [4.69, 9.17) is 5.73 Å². The quantitative estimate of drug-likeness (QED) is 0.646. The molecule has 0 aliphatic carbocycles. The first-order valence-electron chi connectivity index (χ1n) is 5.44. The molecule has 1 fully saturated rings. The highest BCUT2D eigenvalue weighted by Crippen LogP contribution is 2.19. The molecule has 78 valence electrons. The molecule has 0 atom stereocenters. The van der Waals surface area contributed by atoms with E-state index in [1.165, 1.54) is 38.9 Å². The Kier molecular flexibility index (Phi) is 5.35. The smallest absolute Gasteiger partial charge is 0.0105 e. The van der Waals surface area contributed by atoms with Crippen LogP contribution in [0.2, 0.25) is 0 Å². The molecule has 13 heavy (non-hydrogen) atoms. The van der Waals surface area contributed by atoms with Crippen LogP contribution in [0, 0.1) is 5.92 Å². The largest absolute Gasteiger partial charge is 0.329 e. The molecular formula is C10H23N3. The van der Waals surface area contributed by atoms with E-state index in [1.807, 2.05) is 7.05 Å². The Morgan fingerprint density at radius 3 is 2.62 bits per heavy atom. The van der Waals surface area contributed by atoms with E-state index in [0.29, 0.717) is 0 Å². The van der Waals surface area contributed by atoms with Crippen LogP contribution in [-0.2, 0) is 0 Å². The van der Waals surface area contributed by atoms with Gasteiger partial charge in [0.1, 0.15) is 0 Å². The van der Waals surface area contributed by atoms with Gasteiger partial charge >= 0.3 is 0 Å². The fourth-order valence-corrected chi connectivity index (χ4v) is 2.03. The van der Waals surface area contributed by atoms with E-state index in [2.05, 4.69) is 10.2 Å². The summed E-state index contributed by atoms with van der Waals surface area (Å²) in [5.41, 5.74) is 5.52. The van der Waals surface area contributed by atoms with Crippen molar-refractivity contribution in [3.05, 3.63) is 0 Å². The highest BCUT2D eigenvalue weighted by atomic mass is 15.1. The van der Waals surface area contributed by atoms with Crippen LogP contribution in [0.5, 0.6) is 0 Å². The van der Waals surface area contributed by atoms with Gasteiger partial charge in [-0.05, 0) is 51.9 Å². The number of nitrogens with two attached hydrogens (primary N) is 1. The highest BCUT2D eigenvalue weighted by molar-refractivity contribution is 4.72. The van der Waals surface area contributed by atoms with Crippen LogP contribution in [0.4, 0.5) is 0 Å². The molecule has 1 heterocycles. The van der Waals surface area contributed by atoms with Gasteiger partial charge in [-0.1, -0.05) is 0 Å². The lowest BCUT2D eigenvalue weighted by Gasteiger charge is -2.31. The van der Waals surface area contributed by atoms with Gasteiger partial charge in [0.2, 0.25) is 0 Å². The van der Waals surface area contributed by atoms with Crippen molar-refractivity contribution < 1.29 is 0 Å².